The fourth-order valence-electron chi connectivity index (χ4n) is 0.806. The number of carboxylic acids is 1. The molecule has 1 atom stereocenters. The second kappa shape index (κ2) is 21.0. The lowest BCUT2D eigenvalue weighted by Gasteiger charge is -2.07. The Hall–Kier alpha value is -1.96. The molecule has 0 aromatic carbocycles. The molecule has 0 radical (unpaired) electrons. The van der Waals surface area contributed by atoms with Gasteiger partial charge < -0.3 is 24.8 Å². The highest BCUT2D eigenvalue weighted by atomic mass is 16.6. The average Bonchev–Trinajstić information content (AvgIpc) is 2.54. The maximum atomic E-state index is 10.3. The fraction of sp³-hybridized carbons (Fsp3) is 0.529. The normalized spacial score (nSPS) is 10.0. The van der Waals surface area contributed by atoms with E-state index in [1.165, 1.54) is 6.92 Å². The van der Waals surface area contributed by atoms with Crippen LogP contribution in [0.25, 0.3) is 0 Å². The predicted octanol–water partition coefficient (Wildman–Crippen LogP) is 2.05. The van der Waals surface area contributed by atoms with Crippen LogP contribution in [0.15, 0.2) is 37.5 Å². The van der Waals surface area contributed by atoms with E-state index in [1.807, 2.05) is 6.92 Å². The summed E-state index contributed by atoms with van der Waals surface area (Å²) in [6.45, 7) is 14.0. The molecular formula is C17H30O7. The Kier molecular flexibility index (Phi) is 23.6. The van der Waals surface area contributed by atoms with Crippen LogP contribution in [0.2, 0.25) is 0 Å². The fourth-order valence-corrected chi connectivity index (χ4v) is 0.806. The first-order valence-electron chi connectivity index (χ1n) is 7.46. The summed E-state index contributed by atoms with van der Waals surface area (Å²) < 4.78 is 9.38. The standard InChI is InChI=1S/C7H14O2.C6H10O3.C4H6O2/c1-3-5-7(8)9-6-4-2;1-2-6(8)9-5-3-4-7;1-3(2)4(5)6/h4,7-8H,2-3,5-6H2,1H3;2,7H,1,3-5H2;1H2,2H3,(H,5,6). The lowest BCUT2D eigenvalue weighted by molar-refractivity contribution is -0.138. The van der Waals surface area contributed by atoms with Crippen molar-refractivity contribution in [3.63, 3.8) is 0 Å². The summed E-state index contributed by atoms with van der Waals surface area (Å²) in [5.74, 6) is -1.38. The molecule has 0 amide bonds. The number of carbonyl (C=O) groups is 2. The van der Waals surface area contributed by atoms with Gasteiger partial charge in [0.15, 0.2) is 6.29 Å². The maximum absolute atomic E-state index is 10.3. The van der Waals surface area contributed by atoms with E-state index in [1.54, 1.807) is 6.08 Å². The highest BCUT2D eigenvalue weighted by Gasteiger charge is 1.98. The van der Waals surface area contributed by atoms with E-state index < -0.39 is 18.2 Å². The lowest BCUT2D eigenvalue weighted by Crippen LogP contribution is -2.10. The van der Waals surface area contributed by atoms with E-state index in [4.69, 9.17) is 20.1 Å². The first kappa shape index (κ1) is 26.9. The molecule has 0 spiro atoms. The number of carbonyl (C=O) groups excluding carboxylic acids is 1. The van der Waals surface area contributed by atoms with Gasteiger partial charge in [-0.15, -0.1) is 6.58 Å². The Balaban J connectivity index is -0.000000282. The molecule has 0 saturated heterocycles. The molecule has 1 unspecified atom stereocenters. The van der Waals surface area contributed by atoms with Gasteiger partial charge in [-0.05, 0) is 13.3 Å². The van der Waals surface area contributed by atoms with E-state index in [0.29, 0.717) is 19.4 Å². The molecule has 0 saturated carbocycles. The zero-order valence-corrected chi connectivity index (χ0v) is 14.6. The summed E-state index contributed by atoms with van der Waals surface area (Å²) in [7, 11) is 0. The Morgan fingerprint density at radius 1 is 1.29 bits per heavy atom. The molecule has 0 aliphatic heterocycles. The molecule has 140 valence electrons. The van der Waals surface area contributed by atoms with Crippen molar-refractivity contribution < 1.29 is 34.4 Å². The highest BCUT2D eigenvalue weighted by Crippen LogP contribution is 1.96. The quantitative estimate of drug-likeness (QED) is 0.182. The van der Waals surface area contributed by atoms with Gasteiger partial charge in [-0.2, -0.15) is 0 Å². The Bertz CT molecular complexity index is 352. The van der Waals surface area contributed by atoms with Crippen molar-refractivity contribution in [3.8, 4) is 0 Å². The molecule has 0 aromatic heterocycles. The smallest absolute Gasteiger partial charge is 0.330 e. The topological polar surface area (TPSA) is 113 Å². The van der Waals surface area contributed by atoms with Crippen molar-refractivity contribution in [2.45, 2.75) is 39.4 Å². The predicted molar refractivity (Wildman–Crippen MR) is 92.4 cm³/mol. The van der Waals surface area contributed by atoms with Crippen LogP contribution in [-0.2, 0) is 19.1 Å². The third-order valence-corrected chi connectivity index (χ3v) is 2.02. The molecule has 0 heterocycles. The molecule has 0 aromatic rings. The van der Waals surface area contributed by atoms with E-state index in [2.05, 4.69) is 24.5 Å². The number of rotatable bonds is 10. The molecule has 0 fully saturated rings. The first-order valence-corrected chi connectivity index (χ1v) is 7.46. The second-order valence-electron chi connectivity index (χ2n) is 4.40. The Labute approximate surface area is 143 Å². The van der Waals surface area contributed by atoms with Gasteiger partial charge in [-0.25, -0.2) is 9.59 Å². The zero-order chi connectivity index (χ0) is 19.4. The number of esters is 1. The van der Waals surface area contributed by atoms with Crippen LogP contribution < -0.4 is 0 Å². The Morgan fingerprint density at radius 2 is 1.83 bits per heavy atom. The molecule has 0 aliphatic rings. The largest absolute Gasteiger partial charge is 0.478 e. The molecule has 7 nitrogen and oxygen atoms in total. The minimum Gasteiger partial charge on any atom is -0.478 e. The highest BCUT2D eigenvalue weighted by molar-refractivity contribution is 5.84. The van der Waals surface area contributed by atoms with Crippen LogP contribution in [0.3, 0.4) is 0 Å². The van der Waals surface area contributed by atoms with Gasteiger partial charge in [-0.1, -0.05) is 32.6 Å². The van der Waals surface area contributed by atoms with Gasteiger partial charge in [0, 0.05) is 24.7 Å². The molecule has 0 rings (SSSR count). The molecular weight excluding hydrogens is 316 g/mol. The number of carboxylic acid groups (broad SMARTS) is 1. The second-order valence-corrected chi connectivity index (χ2v) is 4.40. The number of aliphatic carboxylic acids is 1. The SMILES string of the molecule is C=C(C)C(=O)O.C=CC(=O)OCCCO.C=CCOC(O)CCC. The van der Waals surface area contributed by atoms with Crippen LogP contribution in [0.4, 0.5) is 0 Å². The Morgan fingerprint density at radius 3 is 2.17 bits per heavy atom. The third kappa shape index (κ3) is 28.2. The van der Waals surface area contributed by atoms with Crippen molar-refractivity contribution in [3.05, 3.63) is 37.5 Å². The van der Waals surface area contributed by atoms with Crippen molar-refractivity contribution in [2.75, 3.05) is 19.8 Å². The molecule has 24 heavy (non-hydrogen) atoms. The van der Waals surface area contributed by atoms with Crippen LogP contribution in [0.5, 0.6) is 0 Å². The van der Waals surface area contributed by atoms with Crippen molar-refractivity contribution in [2.24, 2.45) is 0 Å². The van der Waals surface area contributed by atoms with Crippen molar-refractivity contribution in [1.29, 1.82) is 0 Å². The van der Waals surface area contributed by atoms with Gasteiger partial charge in [0.2, 0.25) is 0 Å². The number of hydrogen-bond donors (Lipinski definition) is 3. The summed E-state index contributed by atoms with van der Waals surface area (Å²) in [5, 5.41) is 25.0. The van der Waals surface area contributed by atoms with E-state index in [-0.39, 0.29) is 18.8 Å². The molecule has 3 N–H and O–H groups in total. The summed E-state index contributed by atoms with van der Waals surface area (Å²) in [4.78, 5) is 19.9. The minimum atomic E-state index is -0.935. The van der Waals surface area contributed by atoms with Gasteiger partial charge in [0.05, 0.1) is 13.2 Å². The molecule has 7 heteroatoms. The lowest BCUT2D eigenvalue weighted by atomic mass is 10.3. The van der Waals surface area contributed by atoms with Crippen molar-refractivity contribution >= 4 is 11.9 Å². The zero-order valence-electron chi connectivity index (χ0n) is 14.6. The number of aliphatic hydroxyl groups is 2. The van der Waals surface area contributed by atoms with E-state index in [0.717, 1.165) is 12.5 Å². The van der Waals surface area contributed by atoms with Crippen LogP contribution in [-0.4, -0.2) is 53.4 Å². The average molecular weight is 346 g/mol. The minimum absolute atomic E-state index is 0.0461. The van der Waals surface area contributed by atoms with E-state index in [9.17, 15) is 9.59 Å². The number of aliphatic hydroxyl groups excluding tert-OH is 2. The monoisotopic (exact) mass is 346 g/mol. The molecule has 0 aliphatic carbocycles. The first-order chi connectivity index (χ1) is 11.3. The summed E-state index contributed by atoms with van der Waals surface area (Å²) in [5.41, 5.74) is 0.176. The van der Waals surface area contributed by atoms with Gasteiger partial charge in [0.25, 0.3) is 0 Å². The maximum Gasteiger partial charge on any atom is 0.330 e. The van der Waals surface area contributed by atoms with E-state index >= 15 is 0 Å². The van der Waals surface area contributed by atoms with Crippen LogP contribution in [0, 0.1) is 0 Å². The molecule has 0 bridgehead atoms. The summed E-state index contributed by atoms with van der Waals surface area (Å²) >= 11 is 0. The summed E-state index contributed by atoms with van der Waals surface area (Å²) in [6.07, 6.45) is 4.25. The number of hydrogen-bond acceptors (Lipinski definition) is 6. The van der Waals surface area contributed by atoms with Crippen LogP contribution in [0.1, 0.15) is 33.1 Å². The van der Waals surface area contributed by atoms with Crippen LogP contribution >= 0.6 is 0 Å². The van der Waals surface area contributed by atoms with Gasteiger partial charge in [0.1, 0.15) is 0 Å². The third-order valence-electron chi connectivity index (χ3n) is 2.02. The summed E-state index contributed by atoms with van der Waals surface area (Å²) in [6, 6.07) is 0. The van der Waals surface area contributed by atoms with Gasteiger partial charge in [-0.3, -0.25) is 0 Å². The van der Waals surface area contributed by atoms with Crippen molar-refractivity contribution in [1.82, 2.24) is 0 Å². The van der Waals surface area contributed by atoms with Gasteiger partial charge >= 0.3 is 11.9 Å². The number of ether oxygens (including phenoxy) is 2.